The first kappa shape index (κ1) is 16.4. The molecule has 0 aromatic rings. The largest absolute Gasteiger partial charge is 0.273 e. The second kappa shape index (κ2) is 9.46. The lowest BCUT2D eigenvalue weighted by molar-refractivity contribution is -0.145. The Morgan fingerprint density at radius 3 is 2.06 bits per heavy atom. The molecule has 1 amide bonds. The van der Waals surface area contributed by atoms with Gasteiger partial charge in [-0.2, -0.15) is 0 Å². The highest BCUT2D eigenvalue weighted by atomic mass is 16.7. The van der Waals surface area contributed by atoms with Crippen molar-refractivity contribution in [2.75, 3.05) is 0 Å². The van der Waals surface area contributed by atoms with E-state index in [1.807, 2.05) is 20.8 Å². The van der Waals surface area contributed by atoms with E-state index in [2.05, 4.69) is 12.4 Å². The molecule has 0 aromatic carbocycles. The quantitative estimate of drug-likeness (QED) is 0.491. The van der Waals surface area contributed by atoms with E-state index in [-0.39, 0.29) is 11.5 Å². The van der Waals surface area contributed by atoms with Gasteiger partial charge in [-0.1, -0.05) is 45.4 Å². The molecule has 0 aliphatic carbocycles. The Hall–Kier alpha value is -0.570. The van der Waals surface area contributed by atoms with Crippen molar-refractivity contribution >= 4 is 5.91 Å². The van der Waals surface area contributed by atoms with Crippen LogP contribution >= 0.6 is 0 Å². The van der Waals surface area contributed by atoms with Crippen LogP contribution in [0, 0.1) is 0 Å². The summed E-state index contributed by atoms with van der Waals surface area (Å²) in [5, 5.41) is 0. The average Bonchev–Trinajstić information content (AvgIpc) is 2.24. The van der Waals surface area contributed by atoms with Gasteiger partial charge in [0.15, 0.2) is 0 Å². The molecule has 0 radical (unpaired) electrons. The molecule has 0 atom stereocenters. The summed E-state index contributed by atoms with van der Waals surface area (Å²) in [6.07, 6.45) is 9.17. The smallest absolute Gasteiger partial charge is 0.243 e. The van der Waals surface area contributed by atoms with Crippen LogP contribution < -0.4 is 5.48 Å². The predicted molar refractivity (Wildman–Crippen MR) is 71.6 cm³/mol. The van der Waals surface area contributed by atoms with Gasteiger partial charge in [0.1, 0.15) is 0 Å². The first-order chi connectivity index (χ1) is 7.95. The Labute approximate surface area is 106 Å². The fourth-order valence-electron chi connectivity index (χ4n) is 1.50. The molecule has 0 heterocycles. The molecular formula is C14H29NO2. The molecule has 3 heteroatoms. The fraction of sp³-hybridized carbons (Fsp3) is 0.929. The lowest BCUT2D eigenvalue weighted by Gasteiger charge is -2.18. The number of nitrogens with one attached hydrogen (secondary N) is 1. The van der Waals surface area contributed by atoms with Crippen molar-refractivity contribution in [2.45, 2.75) is 84.7 Å². The van der Waals surface area contributed by atoms with Gasteiger partial charge < -0.3 is 0 Å². The average molecular weight is 243 g/mol. The Morgan fingerprint density at radius 1 is 1.00 bits per heavy atom. The van der Waals surface area contributed by atoms with Crippen LogP contribution in [-0.4, -0.2) is 11.5 Å². The van der Waals surface area contributed by atoms with Crippen molar-refractivity contribution in [2.24, 2.45) is 0 Å². The number of hydrogen-bond donors (Lipinski definition) is 1. The third-order valence-corrected chi connectivity index (χ3v) is 2.48. The number of amides is 1. The summed E-state index contributed by atoms with van der Waals surface area (Å²) < 4.78 is 0. The first-order valence-electron chi connectivity index (χ1n) is 6.92. The van der Waals surface area contributed by atoms with Crippen LogP contribution in [0.2, 0.25) is 0 Å². The van der Waals surface area contributed by atoms with E-state index in [9.17, 15) is 4.79 Å². The van der Waals surface area contributed by atoms with E-state index in [0.717, 1.165) is 12.8 Å². The second-order valence-electron chi connectivity index (χ2n) is 5.61. The van der Waals surface area contributed by atoms with E-state index in [0.29, 0.717) is 6.42 Å². The summed E-state index contributed by atoms with van der Waals surface area (Å²) in [4.78, 5) is 16.6. The molecule has 3 nitrogen and oxygen atoms in total. The molecule has 0 unspecified atom stereocenters. The standard InChI is InChI=1S/C14H29NO2/c1-5-6-7-8-9-10-11-12-13(16)15-17-14(2,3)4/h5-12H2,1-4H3,(H,15,16). The maximum atomic E-state index is 11.4. The molecule has 0 saturated carbocycles. The molecule has 0 saturated heterocycles. The number of unbranched alkanes of at least 4 members (excludes halogenated alkanes) is 6. The highest BCUT2D eigenvalue weighted by Gasteiger charge is 2.12. The normalized spacial score (nSPS) is 11.5. The minimum Gasteiger partial charge on any atom is -0.273 e. The summed E-state index contributed by atoms with van der Waals surface area (Å²) in [5.41, 5.74) is 2.19. The lowest BCUT2D eigenvalue weighted by atomic mass is 10.1. The van der Waals surface area contributed by atoms with Crippen LogP contribution in [0.4, 0.5) is 0 Å². The van der Waals surface area contributed by atoms with Gasteiger partial charge in [0.2, 0.25) is 5.91 Å². The molecule has 0 aromatic heterocycles. The Bertz CT molecular complexity index is 197. The zero-order chi connectivity index (χ0) is 13.1. The summed E-state index contributed by atoms with van der Waals surface area (Å²) in [6, 6.07) is 0. The molecule has 0 aliphatic heterocycles. The zero-order valence-electron chi connectivity index (χ0n) is 12.0. The van der Waals surface area contributed by atoms with Crippen LogP contribution in [0.25, 0.3) is 0 Å². The highest BCUT2D eigenvalue weighted by Crippen LogP contribution is 2.09. The van der Waals surface area contributed by atoms with E-state index < -0.39 is 0 Å². The van der Waals surface area contributed by atoms with Gasteiger partial charge in [-0.25, -0.2) is 5.48 Å². The number of hydroxylamine groups is 1. The summed E-state index contributed by atoms with van der Waals surface area (Å²) >= 11 is 0. The lowest BCUT2D eigenvalue weighted by Crippen LogP contribution is -2.33. The Kier molecular flexibility index (Phi) is 9.14. The molecule has 1 N–H and O–H groups in total. The summed E-state index contributed by atoms with van der Waals surface area (Å²) in [7, 11) is 0. The first-order valence-corrected chi connectivity index (χ1v) is 6.92. The predicted octanol–water partition coefficient (Wildman–Crippen LogP) is 3.97. The third-order valence-electron chi connectivity index (χ3n) is 2.48. The van der Waals surface area contributed by atoms with Crippen LogP contribution in [-0.2, 0) is 9.63 Å². The summed E-state index contributed by atoms with van der Waals surface area (Å²) in [6.45, 7) is 7.97. The van der Waals surface area contributed by atoms with Gasteiger partial charge in [0, 0.05) is 6.42 Å². The minimum atomic E-state index is -0.310. The fourth-order valence-corrected chi connectivity index (χ4v) is 1.50. The number of rotatable bonds is 9. The molecule has 0 fully saturated rings. The monoisotopic (exact) mass is 243 g/mol. The highest BCUT2D eigenvalue weighted by molar-refractivity contribution is 5.74. The molecule has 102 valence electrons. The molecule has 0 rings (SSSR count). The Morgan fingerprint density at radius 2 is 1.53 bits per heavy atom. The van der Waals surface area contributed by atoms with E-state index >= 15 is 0 Å². The van der Waals surface area contributed by atoms with Gasteiger partial charge in [-0.3, -0.25) is 9.63 Å². The number of carbonyl (C=O) groups is 1. The number of hydrogen-bond acceptors (Lipinski definition) is 2. The second-order valence-corrected chi connectivity index (χ2v) is 5.61. The van der Waals surface area contributed by atoms with E-state index in [4.69, 9.17) is 4.84 Å². The zero-order valence-corrected chi connectivity index (χ0v) is 12.0. The Balaban J connectivity index is 3.28. The van der Waals surface area contributed by atoms with Crippen molar-refractivity contribution < 1.29 is 9.63 Å². The van der Waals surface area contributed by atoms with Crippen LogP contribution in [0.3, 0.4) is 0 Å². The van der Waals surface area contributed by atoms with Crippen molar-refractivity contribution in [1.82, 2.24) is 5.48 Å². The van der Waals surface area contributed by atoms with Crippen molar-refractivity contribution in [3.05, 3.63) is 0 Å². The van der Waals surface area contributed by atoms with Gasteiger partial charge in [0.25, 0.3) is 0 Å². The van der Waals surface area contributed by atoms with Crippen LogP contribution in [0.5, 0.6) is 0 Å². The molecule has 0 bridgehead atoms. The summed E-state index contributed by atoms with van der Waals surface area (Å²) in [5.74, 6) is -0.00603. The molecular weight excluding hydrogens is 214 g/mol. The number of carbonyl (C=O) groups excluding carboxylic acids is 1. The van der Waals surface area contributed by atoms with Crippen molar-refractivity contribution in [3.63, 3.8) is 0 Å². The maximum Gasteiger partial charge on any atom is 0.243 e. The van der Waals surface area contributed by atoms with E-state index in [1.54, 1.807) is 0 Å². The molecule has 0 aliphatic rings. The van der Waals surface area contributed by atoms with Gasteiger partial charge >= 0.3 is 0 Å². The third kappa shape index (κ3) is 13.4. The van der Waals surface area contributed by atoms with Crippen LogP contribution in [0.1, 0.15) is 79.1 Å². The van der Waals surface area contributed by atoms with Gasteiger partial charge in [-0.05, 0) is 27.2 Å². The van der Waals surface area contributed by atoms with E-state index in [1.165, 1.54) is 32.1 Å². The van der Waals surface area contributed by atoms with Gasteiger partial charge in [0.05, 0.1) is 5.60 Å². The van der Waals surface area contributed by atoms with Crippen LogP contribution in [0.15, 0.2) is 0 Å². The SMILES string of the molecule is CCCCCCCCCC(=O)NOC(C)(C)C. The molecule has 17 heavy (non-hydrogen) atoms. The van der Waals surface area contributed by atoms with Crippen molar-refractivity contribution in [3.8, 4) is 0 Å². The van der Waals surface area contributed by atoms with Gasteiger partial charge in [-0.15, -0.1) is 0 Å². The minimum absolute atomic E-state index is 0.00603. The molecule has 0 spiro atoms. The maximum absolute atomic E-state index is 11.4. The van der Waals surface area contributed by atoms with Crippen molar-refractivity contribution in [1.29, 1.82) is 0 Å². The topological polar surface area (TPSA) is 38.3 Å².